The van der Waals surface area contributed by atoms with Gasteiger partial charge in [0.25, 0.3) is 0 Å². The third kappa shape index (κ3) is 6.39. The van der Waals surface area contributed by atoms with Gasteiger partial charge in [-0.1, -0.05) is 13.8 Å². The first-order valence-corrected chi connectivity index (χ1v) is 7.37. The van der Waals surface area contributed by atoms with E-state index in [2.05, 4.69) is 36.0 Å². The Morgan fingerprint density at radius 3 is 2.76 bits per heavy atom. The molecule has 1 fully saturated rings. The zero-order valence-corrected chi connectivity index (χ0v) is 12.0. The fraction of sp³-hybridized carbons (Fsp3) is 1.00. The molecule has 1 N–H and O–H groups in total. The summed E-state index contributed by atoms with van der Waals surface area (Å²) in [6.07, 6.45) is 4.05. The van der Waals surface area contributed by atoms with Crippen molar-refractivity contribution in [3.8, 4) is 0 Å². The molecule has 1 rings (SSSR count). The summed E-state index contributed by atoms with van der Waals surface area (Å²) in [6.45, 7) is 13.1. The van der Waals surface area contributed by atoms with E-state index in [0.717, 1.165) is 12.5 Å². The monoisotopic (exact) mass is 241 g/mol. The summed E-state index contributed by atoms with van der Waals surface area (Å²) in [7, 11) is 2.24. The van der Waals surface area contributed by atoms with Crippen molar-refractivity contribution in [1.29, 1.82) is 0 Å². The van der Waals surface area contributed by atoms with Gasteiger partial charge in [0.15, 0.2) is 0 Å². The maximum atomic E-state index is 3.63. The molecule has 0 bridgehead atoms. The minimum absolute atomic E-state index is 0.870. The highest BCUT2D eigenvalue weighted by molar-refractivity contribution is 4.72. The highest BCUT2D eigenvalue weighted by Gasteiger charge is 2.16. The van der Waals surface area contributed by atoms with Crippen LogP contribution in [0.5, 0.6) is 0 Å². The fourth-order valence-corrected chi connectivity index (χ4v) is 2.73. The Balaban J connectivity index is 2.02. The number of nitrogens with zero attached hydrogens (tertiary/aromatic N) is 2. The molecule has 0 amide bonds. The summed E-state index contributed by atoms with van der Waals surface area (Å²) >= 11 is 0. The van der Waals surface area contributed by atoms with Crippen LogP contribution in [0.2, 0.25) is 0 Å². The number of piperidine rings is 1. The van der Waals surface area contributed by atoms with Gasteiger partial charge in [-0.3, -0.25) is 0 Å². The van der Waals surface area contributed by atoms with Crippen molar-refractivity contribution in [3.63, 3.8) is 0 Å². The van der Waals surface area contributed by atoms with Crippen LogP contribution in [0.25, 0.3) is 0 Å². The second-order valence-electron chi connectivity index (χ2n) is 5.41. The number of hydrogen-bond donors (Lipinski definition) is 1. The first-order chi connectivity index (χ1) is 8.26. The topological polar surface area (TPSA) is 18.5 Å². The molecule has 1 saturated heterocycles. The molecule has 102 valence electrons. The van der Waals surface area contributed by atoms with Crippen LogP contribution in [-0.4, -0.2) is 62.7 Å². The molecular weight excluding hydrogens is 210 g/mol. The first-order valence-electron chi connectivity index (χ1n) is 7.37. The Morgan fingerprint density at radius 2 is 2.12 bits per heavy atom. The Hall–Kier alpha value is -0.120. The highest BCUT2D eigenvalue weighted by atomic mass is 15.1. The summed E-state index contributed by atoms with van der Waals surface area (Å²) in [5.41, 5.74) is 0. The third-order valence-corrected chi connectivity index (χ3v) is 3.75. The van der Waals surface area contributed by atoms with Crippen molar-refractivity contribution in [2.45, 2.75) is 33.1 Å². The van der Waals surface area contributed by atoms with Gasteiger partial charge in [0.2, 0.25) is 0 Å². The van der Waals surface area contributed by atoms with E-state index < -0.39 is 0 Å². The summed E-state index contributed by atoms with van der Waals surface area (Å²) in [5.74, 6) is 0.870. The van der Waals surface area contributed by atoms with E-state index in [1.807, 2.05) is 0 Å². The van der Waals surface area contributed by atoms with Crippen molar-refractivity contribution < 1.29 is 0 Å². The SMILES string of the molecule is CCCN(CC)CCNCC1CCCN(C)C1. The average Bonchev–Trinajstić information content (AvgIpc) is 2.33. The van der Waals surface area contributed by atoms with Gasteiger partial charge in [0, 0.05) is 19.6 Å². The van der Waals surface area contributed by atoms with E-state index in [9.17, 15) is 0 Å². The van der Waals surface area contributed by atoms with Crippen molar-refractivity contribution >= 4 is 0 Å². The zero-order valence-electron chi connectivity index (χ0n) is 12.0. The maximum absolute atomic E-state index is 3.63. The van der Waals surface area contributed by atoms with Gasteiger partial charge in [-0.05, 0) is 58.4 Å². The van der Waals surface area contributed by atoms with Gasteiger partial charge in [-0.2, -0.15) is 0 Å². The quantitative estimate of drug-likeness (QED) is 0.652. The van der Waals surface area contributed by atoms with Crippen LogP contribution in [0.15, 0.2) is 0 Å². The predicted molar refractivity (Wildman–Crippen MR) is 75.5 cm³/mol. The van der Waals surface area contributed by atoms with E-state index in [0.29, 0.717) is 0 Å². The maximum Gasteiger partial charge on any atom is 0.0107 e. The third-order valence-electron chi connectivity index (χ3n) is 3.75. The van der Waals surface area contributed by atoms with Gasteiger partial charge in [0.05, 0.1) is 0 Å². The molecule has 0 radical (unpaired) electrons. The molecule has 1 unspecified atom stereocenters. The van der Waals surface area contributed by atoms with Crippen LogP contribution in [0.1, 0.15) is 33.1 Å². The normalized spacial score (nSPS) is 22.2. The molecule has 3 heteroatoms. The molecule has 1 atom stereocenters. The van der Waals surface area contributed by atoms with Crippen molar-refractivity contribution in [2.75, 3.05) is 52.9 Å². The number of nitrogens with one attached hydrogen (secondary N) is 1. The molecule has 1 heterocycles. The van der Waals surface area contributed by atoms with Gasteiger partial charge in [-0.15, -0.1) is 0 Å². The summed E-state index contributed by atoms with van der Waals surface area (Å²) < 4.78 is 0. The second kappa shape index (κ2) is 8.90. The zero-order chi connectivity index (χ0) is 12.5. The lowest BCUT2D eigenvalue weighted by Crippen LogP contribution is -2.39. The number of rotatable bonds is 8. The summed E-state index contributed by atoms with van der Waals surface area (Å²) in [5, 5.41) is 3.63. The number of hydrogen-bond acceptors (Lipinski definition) is 3. The minimum Gasteiger partial charge on any atom is -0.315 e. The summed E-state index contributed by atoms with van der Waals surface area (Å²) in [6, 6.07) is 0. The lowest BCUT2D eigenvalue weighted by atomic mass is 9.98. The van der Waals surface area contributed by atoms with Crippen LogP contribution < -0.4 is 5.32 Å². The van der Waals surface area contributed by atoms with Crippen LogP contribution in [0, 0.1) is 5.92 Å². The lowest BCUT2D eigenvalue weighted by molar-refractivity contribution is 0.203. The molecule has 1 aliphatic rings. The Morgan fingerprint density at radius 1 is 1.29 bits per heavy atom. The lowest BCUT2D eigenvalue weighted by Gasteiger charge is -2.30. The molecule has 0 aromatic rings. The molecule has 0 aromatic heterocycles. The van der Waals surface area contributed by atoms with E-state index >= 15 is 0 Å². The van der Waals surface area contributed by atoms with Crippen molar-refractivity contribution in [1.82, 2.24) is 15.1 Å². The second-order valence-corrected chi connectivity index (χ2v) is 5.41. The molecule has 17 heavy (non-hydrogen) atoms. The summed E-state index contributed by atoms with van der Waals surface area (Å²) in [4.78, 5) is 4.99. The van der Waals surface area contributed by atoms with Gasteiger partial charge in [0.1, 0.15) is 0 Å². The van der Waals surface area contributed by atoms with Gasteiger partial charge < -0.3 is 15.1 Å². The smallest absolute Gasteiger partial charge is 0.0107 e. The molecule has 0 spiro atoms. The molecule has 0 saturated carbocycles. The minimum atomic E-state index is 0.870. The molecule has 0 aliphatic carbocycles. The van der Waals surface area contributed by atoms with E-state index in [1.165, 1.54) is 58.5 Å². The van der Waals surface area contributed by atoms with E-state index in [4.69, 9.17) is 0 Å². The molecule has 0 aromatic carbocycles. The fourth-order valence-electron chi connectivity index (χ4n) is 2.73. The number of likely N-dealkylation sites (N-methyl/N-ethyl adjacent to an activating group) is 1. The predicted octanol–water partition coefficient (Wildman–Crippen LogP) is 1.65. The standard InChI is InChI=1S/C14H31N3/c1-4-9-17(5-2)11-8-15-12-14-7-6-10-16(3)13-14/h14-15H,4-13H2,1-3H3. The average molecular weight is 241 g/mol. The van der Waals surface area contributed by atoms with Gasteiger partial charge >= 0.3 is 0 Å². The molecule has 1 aliphatic heterocycles. The van der Waals surface area contributed by atoms with Crippen LogP contribution >= 0.6 is 0 Å². The molecular formula is C14H31N3. The Kier molecular flexibility index (Phi) is 7.82. The van der Waals surface area contributed by atoms with E-state index in [1.54, 1.807) is 0 Å². The Labute approximate surface area is 108 Å². The Bertz CT molecular complexity index is 184. The van der Waals surface area contributed by atoms with Crippen LogP contribution in [0.4, 0.5) is 0 Å². The van der Waals surface area contributed by atoms with Crippen molar-refractivity contribution in [2.24, 2.45) is 5.92 Å². The highest BCUT2D eigenvalue weighted by Crippen LogP contribution is 2.13. The number of likely N-dealkylation sites (tertiary alicyclic amines) is 1. The van der Waals surface area contributed by atoms with Crippen molar-refractivity contribution in [3.05, 3.63) is 0 Å². The molecule has 3 nitrogen and oxygen atoms in total. The van der Waals surface area contributed by atoms with Gasteiger partial charge in [-0.25, -0.2) is 0 Å². The van der Waals surface area contributed by atoms with Crippen LogP contribution in [0.3, 0.4) is 0 Å². The van der Waals surface area contributed by atoms with Crippen LogP contribution in [-0.2, 0) is 0 Å². The first kappa shape index (κ1) is 14.9. The largest absolute Gasteiger partial charge is 0.315 e. The van der Waals surface area contributed by atoms with E-state index in [-0.39, 0.29) is 0 Å².